The summed E-state index contributed by atoms with van der Waals surface area (Å²) in [5.41, 5.74) is 3.23. The highest BCUT2D eigenvalue weighted by molar-refractivity contribution is 5.77. The Morgan fingerprint density at radius 1 is 1.03 bits per heavy atom. The van der Waals surface area contributed by atoms with Crippen molar-refractivity contribution in [3.63, 3.8) is 0 Å². The molecular formula is C24H29N3O2. The summed E-state index contributed by atoms with van der Waals surface area (Å²) < 4.78 is 5.45. The predicted octanol–water partition coefficient (Wildman–Crippen LogP) is 5.22. The van der Waals surface area contributed by atoms with Crippen LogP contribution in [0.2, 0.25) is 0 Å². The molecule has 29 heavy (non-hydrogen) atoms. The maximum atomic E-state index is 12.9. The van der Waals surface area contributed by atoms with E-state index in [9.17, 15) is 4.79 Å². The van der Waals surface area contributed by atoms with Gasteiger partial charge in [0.25, 0.3) is 0 Å². The van der Waals surface area contributed by atoms with Gasteiger partial charge in [0.2, 0.25) is 17.6 Å². The first-order chi connectivity index (χ1) is 13.9. The van der Waals surface area contributed by atoms with Crippen LogP contribution >= 0.6 is 0 Å². The molecule has 0 aliphatic heterocycles. The normalized spacial score (nSPS) is 12.2. The van der Waals surface area contributed by atoms with Gasteiger partial charge in [-0.3, -0.25) is 4.79 Å². The van der Waals surface area contributed by atoms with Crippen molar-refractivity contribution in [2.75, 3.05) is 6.54 Å². The lowest BCUT2D eigenvalue weighted by molar-refractivity contribution is -0.134. The van der Waals surface area contributed by atoms with E-state index in [-0.39, 0.29) is 11.9 Å². The van der Waals surface area contributed by atoms with Crippen molar-refractivity contribution in [2.24, 2.45) is 5.92 Å². The highest BCUT2D eigenvalue weighted by Crippen LogP contribution is 2.23. The van der Waals surface area contributed by atoms with Crippen molar-refractivity contribution in [2.45, 2.75) is 46.6 Å². The number of aromatic nitrogens is 2. The zero-order valence-corrected chi connectivity index (χ0v) is 17.6. The number of amides is 1. The zero-order valence-electron chi connectivity index (χ0n) is 17.6. The Morgan fingerprint density at radius 3 is 2.38 bits per heavy atom. The Labute approximate surface area is 172 Å². The van der Waals surface area contributed by atoms with Crippen LogP contribution in [0, 0.1) is 12.8 Å². The fourth-order valence-corrected chi connectivity index (χ4v) is 3.30. The maximum absolute atomic E-state index is 12.9. The van der Waals surface area contributed by atoms with E-state index >= 15 is 0 Å². The molecule has 0 fully saturated rings. The number of benzene rings is 2. The molecule has 0 bridgehead atoms. The molecule has 0 saturated heterocycles. The molecule has 0 aliphatic carbocycles. The van der Waals surface area contributed by atoms with E-state index < -0.39 is 0 Å². The quantitative estimate of drug-likeness (QED) is 0.528. The lowest BCUT2D eigenvalue weighted by Crippen LogP contribution is -2.36. The second-order valence-electron chi connectivity index (χ2n) is 7.90. The average molecular weight is 392 g/mol. The van der Waals surface area contributed by atoms with Gasteiger partial charge in [-0.05, 0) is 25.3 Å². The molecule has 0 N–H and O–H groups in total. The van der Waals surface area contributed by atoms with Crippen molar-refractivity contribution in [3.8, 4) is 11.4 Å². The van der Waals surface area contributed by atoms with Crippen molar-refractivity contribution >= 4 is 5.91 Å². The summed E-state index contributed by atoms with van der Waals surface area (Å²) >= 11 is 0. The fourth-order valence-electron chi connectivity index (χ4n) is 3.30. The van der Waals surface area contributed by atoms with Gasteiger partial charge >= 0.3 is 0 Å². The third-order valence-corrected chi connectivity index (χ3v) is 5.00. The van der Waals surface area contributed by atoms with Gasteiger partial charge < -0.3 is 9.42 Å². The largest absolute Gasteiger partial charge is 0.339 e. The third kappa shape index (κ3) is 5.53. The average Bonchev–Trinajstić information content (AvgIpc) is 3.17. The zero-order chi connectivity index (χ0) is 20.8. The van der Waals surface area contributed by atoms with Gasteiger partial charge in [0.15, 0.2) is 0 Å². The molecule has 1 amide bonds. The van der Waals surface area contributed by atoms with E-state index in [2.05, 4.69) is 43.0 Å². The van der Waals surface area contributed by atoms with E-state index in [1.165, 1.54) is 5.56 Å². The van der Waals surface area contributed by atoms with Crippen molar-refractivity contribution in [1.29, 1.82) is 0 Å². The summed E-state index contributed by atoms with van der Waals surface area (Å²) in [5.74, 6) is 1.58. The molecule has 0 aliphatic rings. The molecule has 1 atom stereocenters. The molecule has 3 rings (SSSR count). The Hall–Kier alpha value is -2.95. The van der Waals surface area contributed by atoms with Crippen LogP contribution in [0.4, 0.5) is 0 Å². The summed E-state index contributed by atoms with van der Waals surface area (Å²) in [4.78, 5) is 19.3. The molecule has 152 valence electrons. The van der Waals surface area contributed by atoms with Crippen LogP contribution in [0.1, 0.15) is 50.3 Å². The number of carbonyl (C=O) groups is 1. The molecule has 1 heterocycles. The minimum Gasteiger partial charge on any atom is -0.339 e. The van der Waals surface area contributed by atoms with Gasteiger partial charge in [0.1, 0.15) is 0 Å². The lowest BCUT2D eigenvalue weighted by Gasteiger charge is -2.30. The monoisotopic (exact) mass is 391 g/mol. The van der Waals surface area contributed by atoms with Crippen LogP contribution in [0.25, 0.3) is 11.4 Å². The summed E-state index contributed by atoms with van der Waals surface area (Å²) in [6.07, 6.45) is 1.05. The second-order valence-corrected chi connectivity index (χ2v) is 7.90. The SMILES string of the molecule is Cc1ccc(-c2noc(CCN(C(=O)CC(C)C)C(C)c3ccccc3)n2)cc1. The van der Waals surface area contributed by atoms with Crippen LogP contribution in [-0.4, -0.2) is 27.5 Å². The number of hydrogen-bond acceptors (Lipinski definition) is 4. The molecule has 2 aromatic carbocycles. The van der Waals surface area contributed by atoms with Crippen molar-refractivity contribution in [1.82, 2.24) is 15.0 Å². The number of carbonyl (C=O) groups excluding carboxylic acids is 1. The molecule has 0 radical (unpaired) electrons. The van der Waals surface area contributed by atoms with Crippen molar-refractivity contribution < 1.29 is 9.32 Å². The van der Waals surface area contributed by atoms with Gasteiger partial charge in [-0.1, -0.05) is 79.2 Å². The first-order valence-corrected chi connectivity index (χ1v) is 10.2. The topological polar surface area (TPSA) is 59.2 Å². The highest BCUT2D eigenvalue weighted by Gasteiger charge is 2.23. The van der Waals surface area contributed by atoms with Crippen LogP contribution in [0.3, 0.4) is 0 Å². The maximum Gasteiger partial charge on any atom is 0.228 e. The van der Waals surface area contributed by atoms with Crippen LogP contribution in [0.5, 0.6) is 0 Å². The van der Waals surface area contributed by atoms with Gasteiger partial charge in [-0.25, -0.2) is 0 Å². The van der Waals surface area contributed by atoms with E-state index in [1.807, 2.05) is 54.3 Å². The third-order valence-electron chi connectivity index (χ3n) is 5.00. The smallest absolute Gasteiger partial charge is 0.228 e. The number of aryl methyl sites for hydroxylation is 1. The van der Waals surface area contributed by atoms with Gasteiger partial charge in [0, 0.05) is 24.9 Å². The number of hydrogen-bond donors (Lipinski definition) is 0. The Morgan fingerprint density at radius 2 is 1.72 bits per heavy atom. The lowest BCUT2D eigenvalue weighted by atomic mass is 10.0. The van der Waals surface area contributed by atoms with Gasteiger partial charge in [0.05, 0.1) is 6.04 Å². The van der Waals surface area contributed by atoms with Crippen LogP contribution in [-0.2, 0) is 11.2 Å². The van der Waals surface area contributed by atoms with E-state index in [1.54, 1.807) is 0 Å². The summed E-state index contributed by atoms with van der Waals surface area (Å²) in [5, 5.41) is 4.10. The first-order valence-electron chi connectivity index (χ1n) is 10.2. The number of nitrogens with zero attached hydrogens (tertiary/aromatic N) is 3. The molecule has 0 spiro atoms. The van der Waals surface area contributed by atoms with E-state index in [0.717, 1.165) is 11.1 Å². The predicted molar refractivity (Wildman–Crippen MR) is 114 cm³/mol. The Kier molecular flexibility index (Phi) is 6.81. The minimum absolute atomic E-state index is 0.0121. The molecule has 5 heteroatoms. The van der Waals surface area contributed by atoms with Crippen LogP contribution in [0.15, 0.2) is 59.1 Å². The Balaban J connectivity index is 1.73. The second kappa shape index (κ2) is 9.50. The van der Waals surface area contributed by atoms with Gasteiger partial charge in [-0.2, -0.15) is 4.98 Å². The van der Waals surface area contributed by atoms with E-state index in [0.29, 0.717) is 37.0 Å². The summed E-state index contributed by atoms with van der Waals surface area (Å²) in [6, 6.07) is 18.1. The van der Waals surface area contributed by atoms with E-state index in [4.69, 9.17) is 4.52 Å². The molecule has 1 unspecified atom stereocenters. The summed E-state index contributed by atoms with van der Waals surface area (Å²) in [6.45, 7) is 8.78. The Bertz CT molecular complexity index is 917. The molecular weight excluding hydrogens is 362 g/mol. The fraction of sp³-hybridized carbons (Fsp3) is 0.375. The van der Waals surface area contributed by atoms with Gasteiger partial charge in [-0.15, -0.1) is 0 Å². The highest BCUT2D eigenvalue weighted by atomic mass is 16.5. The standard InChI is InChI=1S/C24H29N3O2/c1-17(2)16-23(28)27(19(4)20-8-6-5-7-9-20)15-14-22-25-24(26-29-22)21-12-10-18(3)11-13-21/h5-13,17,19H,14-16H2,1-4H3. The molecule has 0 saturated carbocycles. The molecule has 1 aromatic heterocycles. The number of rotatable bonds is 8. The van der Waals surface area contributed by atoms with Crippen molar-refractivity contribution in [3.05, 3.63) is 71.6 Å². The van der Waals surface area contributed by atoms with Crippen LogP contribution < -0.4 is 0 Å². The molecule has 5 nitrogen and oxygen atoms in total. The minimum atomic E-state index is -0.0121. The summed E-state index contributed by atoms with van der Waals surface area (Å²) in [7, 11) is 0. The molecule has 3 aromatic rings. The first kappa shape index (κ1) is 20.8.